The van der Waals surface area contributed by atoms with E-state index < -0.39 is 11.5 Å². The first-order valence-electron chi connectivity index (χ1n) is 4.39. The fourth-order valence-electron chi connectivity index (χ4n) is 1.89. The summed E-state index contributed by atoms with van der Waals surface area (Å²) in [6.07, 6.45) is 1.20. The van der Waals surface area contributed by atoms with Gasteiger partial charge in [-0.05, 0) is 36.1 Å². The van der Waals surface area contributed by atoms with Crippen molar-refractivity contribution in [1.82, 2.24) is 0 Å². The van der Waals surface area contributed by atoms with E-state index in [1.807, 2.05) is 12.1 Å². The lowest BCUT2D eigenvalue weighted by molar-refractivity contribution is -0.143. The number of carbonyl (C=O) groups is 1. The zero-order valence-electron chi connectivity index (χ0n) is 7.53. The molecular weight excluding hydrogens is 198 g/mol. The lowest BCUT2D eigenvalue weighted by Crippen LogP contribution is -2.42. The summed E-state index contributed by atoms with van der Waals surface area (Å²) in [5.74, 6) is -0.963. The molecule has 1 unspecified atom stereocenters. The van der Waals surface area contributed by atoms with Crippen LogP contribution in [0, 0.1) is 0 Å². The van der Waals surface area contributed by atoms with Gasteiger partial charge in [0.15, 0.2) is 0 Å². The van der Waals surface area contributed by atoms with Crippen LogP contribution in [-0.4, -0.2) is 11.1 Å². The molecule has 0 amide bonds. The molecule has 1 aliphatic carbocycles. The van der Waals surface area contributed by atoms with Crippen molar-refractivity contribution in [2.24, 2.45) is 5.73 Å². The van der Waals surface area contributed by atoms with Crippen LogP contribution in [0.4, 0.5) is 0 Å². The third-order valence-electron chi connectivity index (χ3n) is 2.74. The summed E-state index contributed by atoms with van der Waals surface area (Å²) in [6, 6.07) is 5.50. The summed E-state index contributed by atoms with van der Waals surface area (Å²) in [5, 5.41) is 9.06. The van der Waals surface area contributed by atoms with E-state index >= 15 is 0 Å². The molecule has 3 N–H and O–H groups in total. The second-order valence-corrected chi connectivity index (χ2v) is 4.13. The number of nitrogens with two attached hydrogens (primary N) is 1. The Morgan fingerprint density at radius 2 is 2.29 bits per heavy atom. The molecule has 0 saturated carbocycles. The largest absolute Gasteiger partial charge is 0.480 e. The molecule has 1 aliphatic rings. The standard InChI is InChI=1S/C10H11NO2S/c11-10(9(12)13)4-3-6-1-2-7(14)5-8(6)10/h1-2,5,14H,3-4,11H2,(H,12,13). The van der Waals surface area contributed by atoms with Gasteiger partial charge in [0, 0.05) is 4.90 Å². The highest BCUT2D eigenvalue weighted by Crippen LogP contribution is 2.36. The topological polar surface area (TPSA) is 63.3 Å². The first-order chi connectivity index (χ1) is 6.54. The average Bonchev–Trinajstić information content (AvgIpc) is 2.46. The van der Waals surface area contributed by atoms with Crippen LogP contribution in [0.15, 0.2) is 23.1 Å². The van der Waals surface area contributed by atoms with E-state index in [1.165, 1.54) is 0 Å². The Kier molecular flexibility index (Phi) is 2.05. The van der Waals surface area contributed by atoms with Gasteiger partial charge in [-0.3, -0.25) is 0 Å². The molecule has 0 spiro atoms. The number of carboxylic acid groups (broad SMARTS) is 1. The van der Waals surface area contributed by atoms with Gasteiger partial charge in [0.25, 0.3) is 0 Å². The van der Waals surface area contributed by atoms with Gasteiger partial charge < -0.3 is 10.8 Å². The summed E-state index contributed by atoms with van der Waals surface area (Å²) in [5.41, 5.74) is 6.36. The second kappa shape index (κ2) is 3.00. The molecule has 0 fully saturated rings. The van der Waals surface area contributed by atoms with Crippen LogP contribution in [0.25, 0.3) is 0 Å². The maximum atomic E-state index is 11.0. The summed E-state index contributed by atoms with van der Waals surface area (Å²) in [4.78, 5) is 11.8. The summed E-state index contributed by atoms with van der Waals surface area (Å²) in [7, 11) is 0. The van der Waals surface area contributed by atoms with Crippen molar-refractivity contribution in [1.29, 1.82) is 0 Å². The number of fused-ring (bicyclic) bond motifs is 1. The molecule has 0 aliphatic heterocycles. The minimum Gasteiger partial charge on any atom is -0.480 e. The predicted molar refractivity (Wildman–Crippen MR) is 55.5 cm³/mol. The van der Waals surface area contributed by atoms with E-state index in [2.05, 4.69) is 12.6 Å². The lowest BCUT2D eigenvalue weighted by atomic mass is 9.93. The van der Waals surface area contributed by atoms with Crippen molar-refractivity contribution in [3.63, 3.8) is 0 Å². The molecule has 3 nitrogen and oxygen atoms in total. The second-order valence-electron chi connectivity index (χ2n) is 3.62. The normalized spacial score (nSPS) is 24.7. The minimum absolute atomic E-state index is 0.467. The predicted octanol–water partition coefficient (Wildman–Crippen LogP) is 1.16. The van der Waals surface area contributed by atoms with Crippen molar-refractivity contribution in [2.75, 3.05) is 0 Å². The Hall–Kier alpha value is -1.00. The van der Waals surface area contributed by atoms with Crippen LogP contribution in [0.2, 0.25) is 0 Å². The fourth-order valence-corrected chi connectivity index (χ4v) is 2.09. The SMILES string of the molecule is NC1(C(=O)O)CCc2ccc(S)cc21. The summed E-state index contributed by atoms with van der Waals surface area (Å²) < 4.78 is 0. The Morgan fingerprint density at radius 1 is 1.57 bits per heavy atom. The third kappa shape index (κ3) is 1.22. The summed E-state index contributed by atoms with van der Waals surface area (Å²) in [6.45, 7) is 0. The number of aryl methyl sites for hydroxylation is 1. The van der Waals surface area contributed by atoms with E-state index in [0.717, 1.165) is 16.9 Å². The zero-order chi connectivity index (χ0) is 10.3. The molecule has 4 heteroatoms. The van der Waals surface area contributed by atoms with Gasteiger partial charge in [-0.15, -0.1) is 12.6 Å². The van der Waals surface area contributed by atoms with Crippen LogP contribution in [-0.2, 0) is 16.8 Å². The molecule has 1 atom stereocenters. The molecule has 0 heterocycles. The number of benzene rings is 1. The van der Waals surface area contributed by atoms with Crippen LogP contribution in [0.5, 0.6) is 0 Å². The number of hydrogen-bond acceptors (Lipinski definition) is 3. The van der Waals surface area contributed by atoms with E-state index in [4.69, 9.17) is 10.8 Å². The highest BCUT2D eigenvalue weighted by Gasteiger charge is 2.41. The van der Waals surface area contributed by atoms with Crippen LogP contribution >= 0.6 is 12.6 Å². The summed E-state index contributed by atoms with van der Waals surface area (Å²) >= 11 is 4.18. The van der Waals surface area contributed by atoms with Crippen molar-refractivity contribution in [3.05, 3.63) is 29.3 Å². The molecule has 0 radical (unpaired) electrons. The molecule has 0 bridgehead atoms. The van der Waals surface area contributed by atoms with E-state index in [1.54, 1.807) is 6.07 Å². The third-order valence-corrected chi connectivity index (χ3v) is 3.02. The molecule has 14 heavy (non-hydrogen) atoms. The van der Waals surface area contributed by atoms with Gasteiger partial charge >= 0.3 is 5.97 Å². The monoisotopic (exact) mass is 209 g/mol. The van der Waals surface area contributed by atoms with E-state index in [0.29, 0.717) is 12.0 Å². The Labute approximate surface area is 87.3 Å². The van der Waals surface area contributed by atoms with Gasteiger partial charge in [-0.2, -0.15) is 0 Å². The van der Waals surface area contributed by atoms with Crippen molar-refractivity contribution < 1.29 is 9.90 Å². The van der Waals surface area contributed by atoms with E-state index in [9.17, 15) is 4.79 Å². The average molecular weight is 209 g/mol. The van der Waals surface area contributed by atoms with Crippen molar-refractivity contribution in [2.45, 2.75) is 23.3 Å². The van der Waals surface area contributed by atoms with Gasteiger partial charge in [0.1, 0.15) is 5.54 Å². The van der Waals surface area contributed by atoms with Gasteiger partial charge in [-0.25, -0.2) is 4.79 Å². The van der Waals surface area contributed by atoms with Crippen molar-refractivity contribution >= 4 is 18.6 Å². The fraction of sp³-hybridized carbons (Fsp3) is 0.300. The Morgan fingerprint density at radius 3 is 2.93 bits per heavy atom. The maximum absolute atomic E-state index is 11.0. The number of carboxylic acids is 1. The lowest BCUT2D eigenvalue weighted by Gasteiger charge is -2.19. The highest BCUT2D eigenvalue weighted by atomic mass is 32.1. The number of aliphatic carboxylic acids is 1. The molecule has 1 aromatic rings. The molecule has 0 saturated heterocycles. The zero-order valence-corrected chi connectivity index (χ0v) is 8.42. The molecular formula is C10H11NO2S. The Balaban J connectivity index is 2.58. The van der Waals surface area contributed by atoms with E-state index in [-0.39, 0.29) is 0 Å². The number of hydrogen-bond donors (Lipinski definition) is 3. The van der Waals surface area contributed by atoms with Crippen molar-refractivity contribution in [3.8, 4) is 0 Å². The van der Waals surface area contributed by atoms with Gasteiger partial charge in [0.2, 0.25) is 0 Å². The molecule has 2 rings (SSSR count). The smallest absolute Gasteiger partial charge is 0.328 e. The highest BCUT2D eigenvalue weighted by molar-refractivity contribution is 7.80. The molecule has 0 aromatic heterocycles. The maximum Gasteiger partial charge on any atom is 0.328 e. The number of thiol groups is 1. The molecule has 1 aromatic carbocycles. The molecule has 74 valence electrons. The Bertz CT molecular complexity index is 405. The first kappa shape index (κ1) is 9.55. The van der Waals surface area contributed by atoms with Crippen LogP contribution in [0.3, 0.4) is 0 Å². The van der Waals surface area contributed by atoms with Crippen LogP contribution in [0.1, 0.15) is 17.5 Å². The van der Waals surface area contributed by atoms with Crippen LogP contribution < -0.4 is 5.73 Å². The van der Waals surface area contributed by atoms with Gasteiger partial charge in [-0.1, -0.05) is 6.07 Å². The van der Waals surface area contributed by atoms with Gasteiger partial charge in [0.05, 0.1) is 0 Å². The minimum atomic E-state index is -1.21. The quantitative estimate of drug-likeness (QED) is 0.608. The first-order valence-corrected chi connectivity index (χ1v) is 4.83. The number of rotatable bonds is 1.